The van der Waals surface area contributed by atoms with Crippen molar-refractivity contribution in [2.75, 3.05) is 24.7 Å². The minimum atomic E-state index is 0.455. The van der Waals surface area contributed by atoms with E-state index in [2.05, 4.69) is 36.1 Å². The number of nitrogens with one attached hydrogen (secondary N) is 1. The standard InChI is InChI=1S/C13H23N3OS/c1-5-14-11-8-13(18-7-6-10(2)3)16-12(15-11)9-17-4/h8,10H,5-7,9H2,1-4H3,(H,14,15,16). The van der Waals surface area contributed by atoms with Gasteiger partial charge in [-0.2, -0.15) is 0 Å². The molecule has 0 saturated carbocycles. The zero-order valence-electron chi connectivity index (χ0n) is 11.7. The van der Waals surface area contributed by atoms with Crippen molar-refractivity contribution in [3.05, 3.63) is 11.9 Å². The van der Waals surface area contributed by atoms with E-state index in [-0.39, 0.29) is 0 Å². The van der Waals surface area contributed by atoms with E-state index < -0.39 is 0 Å². The smallest absolute Gasteiger partial charge is 0.157 e. The summed E-state index contributed by atoms with van der Waals surface area (Å²) < 4.78 is 5.10. The van der Waals surface area contributed by atoms with Gasteiger partial charge in [0.25, 0.3) is 0 Å². The molecule has 0 amide bonds. The molecule has 18 heavy (non-hydrogen) atoms. The maximum Gasteiger partial charge on any atom is 0.157 e. The van der Waals surface area contributed by atoms with Gasteiger partial charge >= 0.3 is 0 Å². The molecule has 102 valence electrons. The molecule has 0 aromatic carbocycles. The number of anilines is 1. The third kappa shape index (κ3) is 5.69. The molecule has 0 fully saturated rings. The molecule has 4 nitrogen and oxygen atoms in total. The van der Waals surface area contributed by atoms with Crippen molar-refractivity contribution < 1.29 is 4.74 Å². The Hall–Kier alpha value is -0.810. The zero-order valence-corrected chi connectivity index (χ0v) is 12.5. The van der Waals surface area contributed by atoms with E-state index in [1.54, 1.807) is 18.9 Å². The molecule has 0 aliphatic rings. The van der Waals surface area contributed by atoms with Crippen LogP contribution in [-0.4, -0.2) is 29.4 Å². The largest absolute Gasteiger partial charge is 0.377 e. The van der Waals surface area contributed by atoms with Crippen molar-refractivity contribution in [1.29, 1.82) is 0 Å². The van der Waals surface area contributed by atoms with Crippen LogP contribution in [0.4, 0.5) is 5.82 Å². The summed E-state index contributed by atoms with van der Waals surface area (Å²) in [6.07, 6.45) is 1.20. The molecular weight excluding hydrogens is 246 g/mol. The Bertz CT molecular complexity index is 334. The summed E-state index contributed by atoms with van der Waals surface area (Å²) in [6.45, 7) is 7.85. The van der Waals surface area contributed by atoms with Gasteiger partial charge in [0.1, 0.15) is 17.5 Å². The van der Waals surface area contributed by atoms with E-state index >= 15 is 0 Å². The Morgan fingerprint density at radius 2 is 2.17 bits per heavy atom. The van der Waals surface area contributed by atoms with Crippen molar-refractivity contribution >= 4 is 17.6 Å². The van der Waals surface area contributed by atoms with Crippen LogP contribution in [0, 0.1) is 5.92 Å². The Kier molecular flexibility index (Phi) is 7.05. The van der Waals surface area contributed by atoms with Crippen LogP contribution in [0.25, 0.3) is 0 Å². The summed E-state index contributed by atoms with van der Waals surface area (Å²) in [4.78, 5) is 8.88. The summed E-state index contributed by atoms with van der Waals surface area (Å²) in [5, 5.41) is 4.25. The Balaban J connectivity index is 2.69. The first-order chi connectivity index (χ1) is 8.65. The molecule has 0 saturated heterocycles. The van der Waals surface area contributed by atoms with Crippen molar-refractivity contribution in [3.63, 3.8) is 0 Å². The number of hydrogen-bond acceptors (Lipinski definition) is 5. The Labute approximate surface area is 114 Å². The topological polar surface area (TPSA) is 47.0 Å². The molecule has 1 rings (SSSR count). The molecule has 5 heteroatoms. The predicted octanol–water partition coefficient (Wildman–Crippen LogP) is 3.19. The SMILES string of the molecule is CCNc1cc(SCCC(C)C)nc(COC)n1. The third-order valence-electron chi connectivity index (χ3n) is 2.33. The molecular formula is C13H23N3OS. The Morgan fingerprint density at radius 1 is 1.39 bits per heavy atom. The number of ether oxygens (including phenoxy) is 1. The number of aromatic nitrogens is 2. The molecule has 1 aromatic heterocycles. The summed E-state index contributed by atoms with van der Waals surface area (Å²) >= 11 is 1.78. The third-order valence-corrected chi connectivity index (χ3v) is 3.27. The van der Waals surface area contributed by atoms with Gasteiger partial charge in [0.05, 0.1) is 0 Å². The lowest BCUT2D eigenvalue weighted by atomic mass is 10.2. The monoisotopic (exact) mass is 269 g/mol. The first kappa shape index (κ1) is 15.2. The van der Waals surface area contributed by atoms with Crippen molar-refractivity contribution in [2.45, 2.75) is 38.8 Å². The van der Waals surface area contributed by atoms with Gasteiger partial charge in [-0.25, -0.2) is 9.97 Å². The first-order valence-corrected chi connectivity index (χ1v) is 7.37. The van der Waals surface area contributed by atoms with Crippen molar-refractivity contribution in [3.8, 4) is 0 Å². The van der Waals surface area contributed by atoms with Crippen LogP contribution in [0.15, 0.2) is 11.1 Å². The maximum absolute atomic E-state index is 5.10. The van der Waals surface area contributed by atoms with Crippen LogP contribution in [0.5, 0.6) is 0 Å². The minimum Gasteiger partial charge on any atom is -0.377 e. The molecule has 1 N–H and O–H groups in total. The van der Waals surface area contributed by atoms with E-state index in [4.69, 9.17) is 4.74 Å². The number of methoxy groups -OCH3 is 1. The second-order valence-electron chi connectivity index (χ2n) is 4.50. The fourth-order valence-corrected chi connectivity index (χ4v) is 2.57. The molecule has 0 aliphatic heterocycles. The lowest BCUT2D eigenvalue weighted by molar-refractivity contribution is 0.177. The van der Waals surface area contributed by atoms with Crippen molar-refractivity contribution in [2.24, 2.45) is 5.92 Å². The molecule has 1 aromatic rings. The van der Waals surface area contributed by atoms with Gasteiger partial charge in [0.2, 0.25) is 0 Å². The number of nitrogens with zero attached hydrogens (tertiary/aromatic N) is 2. The van der Waals surface area contributed by atoms with E-state index in [1.165, 1.54) is 6.42 Å². The highest BCUT2D eigenvalue weighted by Crippen LogP contribution is 2.21. The van der Waals surface area contributed by atoms with Crippen LogP contribution < -0.4 is 5.32 Å². The zero-order chi connectivity index (χ0) is 13.4. The number of hydrogen-bond donors (Lipinski definition) is 1. The molecule has 0 bridgehead atoms. The van der Waals surface area contributed by atoms with Gasteiger partial charge in [0, 0.05) is 19.7 Å². The van der Waals surface area contributed by atoms with Crippen LogP contribution in [-0.2, 0) is 11.3 Å². The Morgan fingerprint density at radius 3 is 2.78 bits per heavy atom. The van der Waals surface area contributed by atoms with Crippen LogP contribution in [0.2, 0.25) is 0 Å². The second kappa shape index (κ2) is 8.32. The average molecular weight is 269 g/mol. The molecule has 0 atom stereocenters. The van der Waals surface area contributed by atoms with E-state index in [0.29, 0.717) is 6.61 Å². The fraction of sp³-hybridized carbons (Fsp3) is 0.692. The quantitative estimate of drug-likeness (QED) is 0.580. The number of thioether (sulfide) groups is 1. The normalized spacial score (nSPS) is 10.9. The van der Waals surface area contributed by atoms with Gasteiger partial charge in [0.15, 0.2) is 5.82 Å². The number of rotatable bonds is 8. The molecule has 0 aliphatic carbocycles. The highest BCUT2D eigenvalue weighted by atomic mass is 32.2. The van der Waals surface area contributed by atoms with Gasteiger partial charge < -0.3 is 10.1 Å². The predicted molar refractivity (Wildman–Crippen MR) is 77.1 cm³/mol. The molecule has 0 unspecified atom stereocenters. The van der Waals surface area contributed by atoms with Gasteiger partial charge in [-0.15, -0.1) is 11.8 Å². The lowest BCUT2D eigenvalue weighted by Gasteiger charge is -2.09. The van der Waals surface area contributed by atoms with E-state index in [0.717, 1.165) is 34.9 Å². The second-order valence-corrected chi connectivity index (χ2v) is 5.62. The summed E-state index contributed by atoms with van der Waals surface area (Å²) in [6, 6.07) is 2.01. The maximum atomic E-state index is 5.10. The fourth-order valence-electron chi connectivity index (χ4n) is 1.41. The van der Waals surface area contributed by atoms with Gasteiger partial charge in [-0.3, -0.25) is 0 Å². The van der Waals surface area contributed by atoms with Crippen LogP contribution >= 0.6 is 11.8 Å². The van der Waals surface area contributed by atoms with Crippen LogP contribution in [0.1, 0.15) is 33.0 Å². The minimum absolute atomic E-state index is 0.455. The molecule has 1 heterocycles. The highest BCUT2D eigenvalue weighted by Gasteiger charge is 2.05. The lowest BCUT2D eigenvalue weighted by Crippen LogP contribution is -2.05. The van der Waals surface area contributed by atoms with Gasteiger partial charge in [-0.05, 0) is 25.0 Å². The van der Waals surface area contributed by atoms with Crippen molar-refractivity contribution in [1.82, 2.24) is 9.97 Å². The van der Waals surface area contributed by atoms with E-state index in [9.17, 15) is 0 Å². The van der Waals surface area contributed by atoms with Crippen LogP contribution in [0.3, 0.4) is 0 Å². The summed E-state index contributed by atoms with van der Waals surface area (Å²) in [5.41, 5.74) is 0. The molecule has 0 radical (unpaired) electrons. The van der Waals surface area contributed by atoms with E-state index in [1.807, 2.05) is 6.07 Å². The highest BCUT2D eigenvalue weighted by molar-refractivity contribution is 7.99. The summed E-state index contributed by atoms with van der Waals surface area (Å²) in [7, 11) is 1.66. The van der Waals surface area contributed by atoms with Gasteiger partial charge in [-0.1, -0.05) is 13.8 Å². The average Bonchev–Trinajstić information content (AvgIpc) is 2.29. The first-order valence-electron chi connectivity index (χ1n) is 6.39. The molecule has 0 spiro atoms. The summed E-state index contributed by atoms with van der Waals surface area (Å²) in [5.74, 6) is 3.44.